The lowest BCUT2D eigenvalue weighted by Gasteiger charge is -2.35. The fourth-order valence-corrected chi connectivity index (χ4v) is 3.09. The molecular formula is C22H26O5. The largest absolute Gasteiger partial charge is 0.436 e. The number of hydrogen-bond donors (Lipinski definition) is 0. The van der Waals surface area contributed by atoms with Crippen molar-refractivity contribution < 1.29 is 23.7 Å². The molecule has 0 unspecified atom stereocenters. The molecule has 0 N–H and O–H groups in total. The van der Waals surface area contributed by atoms with E-state index >= 15 is 0 Å². The van der Waals surface area contributed by atoms with Gasteiger partial charge in [-0.05, 0) is 17.5 Å². The van der Waals surface area contributed by atoms with Gasteiger partial charge < -0.3 is 18.9 Å². The van der Waals surface area contributed by atoms with Gasteiger partial charge >= 0.3 is 5.97 Å². The fraction of sp³-hybridized carbons (Fsp3) is 0.409. The Labute approximate surface area is 160 Å². The Morgan fingerprint density at radius 1 is 0.963 bits per heavy atom. The first-order valence-electron chi connectivity index (χ1n) is 9.30. The maximum Gasteiger partial charge on any atom is 0.304 e. The SMILES string of the molecule is CC(=O)O[C@@H]1CC[C@H](OCc2ccccc2)[C@@H](COCc2ccccc2)O1. The van der Waals surface area contributed by atoms with E-state index in [0.29, 0.717) is 26.2 Å². The monoisotopic (exact) mass is 370 g/mol. The predicted molar refractivity (Wildman–Crippen MR) is 101 cm³/mol. The van der Waals surface area contributed by atoms with E-state index in [2.05, 4.69) is 0 Å². The third-order valence-electron chi connectivity index (χ3n) is 4.43. The smallest absolute Gasteiger partial charge is 0.304 e. The minimum Gasteiger partial charge on any atom is -0.436 e. The average molecular weight is 370 g/mol. The van der Waals surface area contributed by atoms with Crippen LogP contribution in [-0.2, 0) is 37.0 Å². The van der Waals surface area contributed by atoms with Gasteiger partial charge in [-0.25, -0.2) is 0 Å². The molecule has 2 aromatic rings. The van der Waals surface area contributed by atoms with Gasteiger partial charge in [0.1, 0.15) is 6.10 Å². The zero-order valence-corrected chi connectivity index (χ0v) is 15.6. The molecule has 1 aliphatic rings. The molecular weight excluding hydrogens is 344 g/mol. The van der Waals surface area contributed by atoms with Crippen LogP contribution in [0.15, 0.2) is 60.7 Å². The topological polar surface area (TPSA) is 54.0 Å². The van der Waals surface area contributed by atoms with E-state index in [1.165, 1.54) is 6.92 Å². The van der Waals surface area contributed by atoms with Gasteiger partial charge in [0, 0.05) is 13.3 Å². The summed E-state index contributed by atoms with van der Waals surface area (Å²) in [6.07, 6.45) is 0.450. The summed E-state index contributed by atoms with van der Waals surface area (Å²) in [6, 6.07) is 20.0. The van der Waals surface area contributed by atoms with Crippen LogP contribution in [0.25, 0.3) is 0 Å². The molecule has 144 valence electrons. The molecule has 5 nitrogen and oxygen atoms in total. The molecule has 1 saturated heterocycles. The molecule has 0 saturated carbocycles. The van der Waals surface area contributed by atoms with Gasteiger partial charge in [-0.15, -0.1) is 0 Å². The van der Waals surface area contributed by atoms with Crippen molar-refractivity contribution >= 4 is 5.97 Å². The Balaban J connectivity index is 1.55. The second kappa shape index (κ2) is 10.2. The van der Waals surface area contributed by atoms with Crippen molar-refractivity contribution in [1.82, 2.24) is 0 Å². The van der Waals surface area contributed by atoms with Gasteiger partial charge in [-0.2, -0.15) is 0 Å². The van der Waals surface area contributed by atoms with E-state index < -0.39 is 6.29 Å². The van der Waals surface area contributed by atoms with E-state index in [0.717, 1.165) is 17.5 Å². The number of benzene rings is 2. The van der Waals surface area contributed by atoms with Gasteiger partial charge in [0.05, 0.1) is 25.9 Å². The molecule has 1 heterocycles. The van der Waals surface area contributed by atoms with Crippen LogP contribution in [0, 0.1) is 0 Å². The summed E-state index contributed by atoms with van der Waals surface area (Å²) < 4.78 is 23.1. The highest BCUT2D eigenvalue weighted by atomic mass is 16.7. The maximum atomic E-state index is 11.2. The number of hydrogen-bond acceptors (Lipinski definition) is 5. The van der Waals surface area contributed by atoms with Crippen LogP contribution in [0.2, 0.25) is 0 Å². The first-order chi connectivity index (χ1) is 13.2. The van der Waals surface area contributed by atoms with Gasteiger partial charge in [-0.1, -0.05) is 60.7 Å². The fourth-order valence-electron chi connectivity index (χ4n) is 3.09. The van der Waals surface area contributed by atoms with Crippen molar-refractivity contribution in [2.45, 2.75) is 51.5 Å². The zero-order valence-electron chi connectivity index (χ0n) is 15.6. The number of carbonyl (C=O) groups is 1. The number of rotatable bonds is 8. The van der Waals surface area contributed by atoms with Gasteiger partial charge in [0.2, 0.25) is 6.29 Å². The van der Waals surface area contributed by atoms with Crippen molar-refractivity contribution in [3.05, 3.63) is 71.8 Å². The predicted octanol–water partition coefficient (Wildman–Crippen LogP) is 3.86. The Hall–Kier alpha value is -2.21. The van der Waals surface area contributed by atoms with Crippen LogP contribution in [0.4, 0.5) is 0 Å². The molecule has 0 bridgehead atoms. The maximum absolute atomic E-state index is 11.2. The minimum atomic E-state index is -0.538. The lowest BCUT2D eigenvalue weighted by Crippen LogP contribution is -2.44. The van der Waals surface area contributed by atoms with Crippen LogP contribution >= 0.6 is 0 Å². The number of esters is 1. The third-order valence-corrected chi connectivity index (χ3v) is 4.43. The number of ether oxygens (including phenoxy) is 4. The lowest BCUT2D eigenvalue weighted by atomic mass is 10.0. The Bertz CT molecular complexity index is 688. The minimum absolute atomic E-state index is 0.104. The molecule has 1 aliphatic heterocycles. The summed E-state index contributed by atoms with van der Waals surface area (Å²) in [5.41, 5.74) is 2.22. The summed E-state index contributed by atoms with van der Waals surface area (Å²) in [5.74, 6) is -0.340. The molecule has 27 heavy (non-hydrogen) atoms. The summed E-state index contributed by atoms with van der Waals surface area (Å²) in [5, 5.41) is 0. The van der Waals surface area contributed by atoms with E-state index in [9.17, 15) is 4.79 Å². The molecule has 0 spiro atoms. The first-order valence-corrected chi connectivity index (χ1v) is 9.30. The normalized spacial score (nSPS) is 22.3. The van der Waals surface area contributed by atoms with Crippen LogP contribution in [0.5, 0.6) is 0 Å². The Morgan fingerprint density at radius 2 is 1.59 bits per heavy atom. The highest BCUT2D eigenvalue weighted by Crippen LogP contribution is 2.25. The van der Waals surface area contributed by atoms with Crippen LogP contribution in [-0.4, -0.2) is 31.1 Å². The van der Waals surface area contributed by atoms with Gasteiger partial charge in [0.25, 0.3) is 0 Å². The molecule has 1 fully saturated rings. The quantitative estimate of drug-likeness (QED) is 0.661. The lowest BCUT2D eigenvalue weighted by molar-refractivity contribution is -0.238. The molecule has 0 radical (unpaired) electrons. The first kappa shape index (κ1) is 19.5. The molecule has 0 aromatic heterocycles. The molecule has 3 rings (SSSR count). The summed E-state index contributed by atoms with van der Waals surface area (Å²) >= 11 is 0. The van der Waals surface area contributed by atoms with Crippen molar-refractivity contribution in [2.75, 3.05) is 6.61 Å². The van der Waals surface area contributed by atoms with Crippen molar-refractivity contribution in [1.29, 1.82) is 0 Å². The van der Waals surface area contributed by atoms with Crippen LogP contribution in [0.3, 0.4) is 0 Å². The summed E-state index contributed by atoms with van der Waals surface area (Å²) in [4.78, 5) is 11.2. The summed E-state index contributed by atoms with van der Waals surface area (Å²) in [6.45, 7) is 2.79. The Kier molecular flexibility index (Phi) is 7.39. The Morgan fingerprint density at radius 3 is 2.22 bits per heavy atom. The highest BCUT2D eigenvalue weighted by Gasteiger charge is 2.33. The van der Waals surface area contributed by atoms with E-state index in [1.807, 2.05) is 60.7 Å². The number of carbonyl (C=O) groups excluding carboxylic acids is 1. The van der Waals surface area contributed by atoms with E-state index in [1.54, 1.807) is 0 Å². The standard InChI is InChI=1S/C22H26O5/c1-17(23)26-22-13-12-20(25-15-19-10-6-3-7-11-19)21(27-22)16-24-14-18-8-4-2-5-9-18/h2-11,20-22H,12-16H2,1H3/t20-,21+,22-/m0/s1. The third kappa shape index (κ3) is 6.47. The second-order valence-electron chi connectivity index (χ2n) is 6.63. The highest BCUT2D eigenvalue weighted by molar-refractivity contribution is 5.66. The zero-order chi connectivity index (χ0) is 18.9. The molecule has 5 heteroatoms. The van der Waals surface area contributed by atoms with Gasteiger partial charge in [0.15, 0.2) is 0 Å². The molecule has 0 aliphatic carbocycles. The molecule has 2 aromatic carbocycles. The van der Waals surface area contributed by atoms with Gasteiger partial charge in [-0.3, -0.25) is 4.79 Å². The summed E-state index contributed by atoms with van der Waals surface area (Å²) in [7, 11) is 0. The van der Waals surface area contributed by atoms with Crippen molar-refractivity contribution in [3.8, 4) is 0 Å². The van der Waals surface area contributed by atoms with Crippen LogP contribution in [0.1, 0.15) is 30.9 Å². The second-order valence-corrected chi connectivity index (χ2v) is 6.63. The molecule has 3 atom stereocenters. The van der Waals surface area contributed by atoms with Crippen molar-refractivity contribution in [3.63, 3.8) is 0 Å². The average Bonchev–Trinajstić information content (AvgIpc) is 2.68. The van der Waals surface area contributed by atoms with Crippen LogP contribution < -0.4 is 0 Å². The molecule has 0 amide bonds. The van der Waals surface area contributed by atoms with Crippen molar-refractivity contribution in [2.24, 2.45) is 0 Å². The van der Waals surface area contributed by atoms with E-state index in [4.69, 9.17) is 18.9 Å². The van der Waals surface area contributed by atoms with E-state index in [-0.39, 0.29) is 18.2 Å².